The zero-order valence-corrected chi connectivity index (χ0v) is 12.2. The third-order valence-electron chi connectivity index (χ3n) is 2.79. The topological polar surface area (TPSA) is 69.5 Å². The van der Waals surface area contributed by atoms with E-state index in [0.717, 1.165) is 5.69 Å². The Kier molecular flexibility index (Phi) is 6.47. The summed E-state index contributed by atoms with van der Waals surface area (Å²) >= 11 is 0. The van der Waals surface area contributed by atoms with E-state index in [2.05, 4.69) is 11.1 Å². The number of ether oxygens (including phenoxy) is 1. The van der Waals surface area contributed by atoms with Crippen LogP contribution in [-0.2, 0) is 4.74 Å². The molecule has 1 amide bonds. The lowest BCUT2D eigenvalue weighted by molar-refractivity contribution is 0.0822. The van der Waals surface area contributed by atoms with Crippen molar-refractivity contribution in [2.24, 2.45) is 0 Å². The molecule has 6 nitrogen and oxygen atoms in total. The molecule has 1 rings (SSSR count). The summed E-state index contributed by atoms with van der Waals surface area (Å²) in [4.78, 5) is 19.5. The molecule has 108 valence electrons. The van der Waals surface area contributed by atoms with Gasteiger partial charge in [-0.05, 0) is 12.1 Å². The van der Waals surface area contributed by atoms with Gasteiger partial charge in [-0.2, -0.15) is 5.26 Å². The van der Waals surface area contributed by atoms with Gasteiger partial charge in [0.2, 0.25) is 0 Å². The number of rotatable bonds is 7. The van der Waals surface area contributed by atoms with Crippen LogP contribution in [-0.4, -0.2) is 56.7 Å². The number of amides is 1. The molecule has 0 saturated carbocycles. The molecule has 0 spiro atoms. The molecule has 0 radical (unpaired) electrons. The van der Waals surface area contributed by atoms with E-state index in [-0.39, 0.29) is 5.91 Å². The molecule has 0 saturated heterocycles. The van der Waals surface area contributed by atoms with Gasteiger partial charge in [-0.3, -0.25) is 9.78 Å². The first kappa shape index (κ1) is 15.9. The van der Waals surface area contributed by atoms with Crippen molar-refractivity contribution in [3.8, 4) is 6.07 Å². The first-order chi connectivity index (χ1) is 9.60. The second kappa shape index (κ2) is 8.12. The van der Waals surface area contributed by atoms with E-state index < -0.39 is 0 Å². The van der Waals surface area contributed by atoms with Gasteiger partial charge in [0, 0.05) is 46.2 Å². The number of hydrogen-bond acceptors (Lipinski definition) is 5. The van der Waals surface area contributed by atoms with E-state index in [1.807, 2.05) is 11.0 Å². The fourth-order valence-electron chi connectivity index (χ4n) is 1.72. The average Bonchev–Trinajstić information content (AvgIpc) is 2.46. The fraction of sp³-hybridized carbons (Fsp3) is 0.500. The van der Waals surface area contributed by atoms with Gasteiger partial charge in [-0.15, -0.1) is 0 Å². The fourth-order valence-corrected chi connectivity index (χ4v) is 1.72. The van der Waals surface area contributed by atoms with Crippen molar-refractivity contribution in [2.45, 2.75) is 6.42 Å². The number of anilines is 1. The van der Waals surface area contributed by atoms with Crippen LogP contribution in [0.1, 0.15) is 16.9 Å². The van der Waals surface area contributed by atoms with Crippen LogP contribution in [0, 0.1) is 11.3 Å². The summed E-state index contributed by atoms with van der Waals surface area (Å²) in [5.74, 6) is -0.140. The molecular formula is C14H20N4O2. The highest BCUT2D eigenvalue weighted by molar-refractivity contribution is 5.92. The van der Waals surface area contributed by atoms with Crippen LogP contribution in [0.4, 0.5) is 5.69 Å². The molecule has 6 heteroatoms. The second-order valence-electron chi connectivity index (χ2n) is 4.49. The Morgan fingerprint density at radius 1 is 1.45 bits per heavy atom. The third kappa shape index (κ3) is 4.52. The maximum absolute atomic E-state index is 11.9. The first-order valence-corrected chi connectivity index (χ1v) is 6.38. The maximum Gasteiger partial charge on any atom is 0.272 e. The summed E-state index contributed by atoms with van der Waals surface area (Å²) in [6.45, 7) is 1.82. The van der Waals surface area contributed by atoms with Crippen LogP contribution >= 0.6 is 0 Å². The first-order valence-electron chi connectivity index (χ1n) is 6.38. The molecule has 0 aromatic carbocycles. The Morgan fingerprint density at radius 3 is 2.80 bits per heavy atom. The minimum absolute atomic E-state index is 0.140. The number of aromatic nitrogens is 1. The van der Waals surface area contributed by atoms with Gasteiger partial charge in [0.15, 0.2) is 0 Å². The quantitative estimate of drug-likeness (QED) is 0.747. The molecule has 0 aliphatic carbocycles. The van der Waals surface area contributed by atoms with Gasteiger partial charge in [-0.25, -0.2) is 0 Å². The molecule has 0 fully saturated rings. The smallest absolute Gasteiger partial charge is 0.272 e. The Labute approximate surface area is 119 Å². The van der Waals surface area contributed by atoms with Crippen molar-refractivity contribution in [3.63, 3.8) is 0 Å². The Morgan fingerprint density at radius 2 is 2.20 bits per heavy atom. The average molecular weight is 276 g/mol. The molecule has 0 bridgehead atoms. The highest BCUT2D eigenvalue weighted by atomic mass is 16.5. The summed E-state index contributed by atoms with van der Waals surface area (Å²) in [5.41, 5.74) is 1.27. The van der Waals surface area contributed by atoms with Gasteiger partial charge >= 0.3 is 0 Å². The van der Waals surface area contributed by atoms with Gasteiger partial charge in [-0.1, -0.05) is 0 Å². The predicted molar refractivity (Wildman–Crippen MR) is 76.6 cm³/mol. The summed E-state index contributed by atoms with van der Waals surface area (Å²) < 4.78 is 5.07. The van der Waals surface area contributed by atoms with E-state index in [1.54, 1.807) is 33.5 Å². The van der Waals surface area contributed by atoms with Crippen molar-refractivity contribution in [2.75, 3.05) is 45.8 Å². The zero-order chi connectivity index (χ0) is 15.0. The number of nitrogens with zero attached hydrogens (tertiary/aromatic N) is 4. The van der Waals surface area contributed by atoms with Crippen LogP contribution in [0.2, 0.25) is 0 Å². The highest BCUT2D eigenvalue weighted by Gasteiger charge is 2.13. The molecule has 0 aliphatic rings. The highest BCUT2D eigenvalue weighted by Crippen LogP contribution is 2.15. The van der Waals surface area contributed by atoms with Crippen LogP contribution in [0.3, 0.4) is 0 Å². The van der Waals surface area contributed by atoms with E-state index in [1.165, 1.54) is 4.90 Å². The van der Waals surface area contributed by atoms with Crippen molar-refractivity contribution >= 4 is 11.6 Å². The van der Waals surface area contributed by atoms with Crippen molar-refractivity contribution in [3.05, 3.63) is 24.0 Å². The minimum atomic E-state index is -0.140. The molecule has 0 atom stereocenters. The summed E-state index contributed by atoms with van der Waals surface area (Å²) in [7, 11) is 5.01. The molecule has 0 unspecified atom stereocenters. The Balaban J connectivity index is 2.92. The van der Waals surface area contributed by atoms with Gasteiger partial charge in [0.1, 0.15) is 5.69 Å². The SMILES string of the molecule is COCCN(CCC#N)c1ccnc(C(=O)N(C)C)c1. The van der Waals surface area contributed by atoms with Crippen molar-refractivity contribution in [1.82, 2.24) is 9.88 Å². The van der Waals surface area contributed by atoms with E-state index >= 15 is 0 Å². The molecule has 1 aromatic heterocycles. The lowest BCUT2D eigenvalue weighted by Gasteiger charge is -2.24. The molecule has 0 aliphatic heterocycles. The minimum Gasteiger partial charge on any atom is -0.383 e. The Bertz CT molecular complexity index is 482. The predicted octanol–water partition coefficient (Wildman–Crippen LogP) is 1.15. The second-order valence-corrected chi connectivity index (χ2v) is 4.49. The van der Waals surface area contributed by atoms with Crippen LogP contribution in [0.5, 0.6) is 0 Å². The molecule has 1 aromatic rings. The number of hydrogen-bond donors (Lipinski definition) is 0. The molecule has 0 N–H and O–H groups in total. The molecular weight excluding hydrogens is 256 g/mol. The van der Waals surface area contributed by atoms with Gasteiger partial charge in [0.05, 0.1) is 19.1 Å². The van der Waals surface area contributed by atoms with Crippen molar-refractivity contribution in [1.29, 1.82) is 5.26 Å². The van der Waals surface area contributed by atoms with Crippen molar-refractivity contribution < 1.29 is 9.53 Å². The van der Waals surface area contributed by atoms with Crippen LogP contribution < -0.4 is 4.90 Å². The van der Waals surface area contributed by atoms with E-state index in [9.17, 15) is 4.79 Å². The maximum atomic E-state index is 11.9. The standard InChI is InChI=1S/C14H20N4O2/c1-17(2)14(19)13-11-12(5-7-16-13)18(8-4-6-15)9-10-20-3/h5,7,11H,4,8-10H2,1-3H3. The number of nitriles is 1. The summed E-state index contributed by atoms with van der Waals surface area (Å²) in [6, 6.07) is 5.70. The lowest BCUT2D eigenvalue weighted by Crippen LogP contribution is -2.29. The normalized spacial score (nSPS) is 9.90. The van der Waals surface area contributed by atoms with Crippen LogP contribution in [0.25, 0.3) is 0 Å². The lowest BCUT2D eigenvalue weighted by atomic mass is 10.2. The number of pyridine rings is 1. The molecule has 20 heavy (non-hydrogen) atoms. The number of carbonyl (C=O) groups excluding carboxylic acids is 1. The largest absolute Gasteiger partial charge is 0.383 e. The van der Waals surface area contributed by atoms with Gasteiger partial charge < -0.3 is 14.5 Å². The zero-order valence-electron chi connectivity index (χ0n) is 12.2. The van der Waals surface area contributed by atoms with E-state index in [0.29, 0.717) is 31.8 Å². The summed E-state index contributed by atoms with van der Waals surface area (Å²) in [6.07, 6.45) is 2.03. The third-order valence-corrected chi connectivity index (χ3v) is 2.79. The van der Waals surface area contributed by atoms with Crippen LogP contribution in [0.15, 0.2) is 18.3 Å². The van der Waals surface area contributed by atoms with Gasteiger partial charge in [0.25, 0.3) is 5.91 Å². The number of carbonyl (C=O) groups is 1. The molecule has 1 heterocycles. The Hall–Kier alpha value is -2.13. The number of methoxy groups -OCH3 is 1. The monoisotopic (exact) mass is 276 g/mol. The summed E-state index contributed by atoms with van der Waals surface area (Å²) in [5, 5.41) is 8.72. The van der Waals surface area contributed by atoms with E-state index in [4.69, 9.17) is 10.00 Å².